The molecule has 0 aliphatic carbocycles. The van der Waals surface area contributed by atoms with E-state index in [-0.39, 0.29) is 18.2 Å². The Bertz CT molecular complexity index is 1260. The zero-order valence-electron chi connectivity index (χ0n) is 20.1. The van der Waals surface area contributed by atoms with Gasteiger partial charge in [-0.05, 0) is 47.4 Å². The van der Waals surface area contributed by atoms with Crippen LogP contribution in [0.4, 0.5) is 5.69 Å². The van der Waals surface area contributed by atoms with Gasteiger partial charge in [-0.25, -0.2) is 0 Å². The minimum absolute atomic E-state index is 0.0301. The summed E-state index contributed by atoms with van der Waals surface area (Å²) in [5, 5.41) is 0. The number of fused-ring (bicyclic) bond motifs is 2. The number of benzene rings is 3. The number of amides is 2. The van der Waals surface area contributed by atoms with E-state index in [1.807, 2.05) is 59.5 Å². The number of rotatable bonds is 7. The normalized spacial score (nSPS) is 15.0. The fourth-order valence-electron chi connectivity index (χ4n) is 5.10. The van der Waals surface area contributed by atoms with Crippen molar-refractivity contribution in [3.8, 4) is 17.2 Å². The first kappa shape index (κ1) is 22.8. The Morgan fingerprint density at radius 1 is 0.914 bits per heavy atom. The standard InChI is InChI=1S/C28H28N2O5/c1-33-24-14-20(15-25(34-2)27(24)35-3)23(30-17-19-9-4-6-10-21(19)28(30)32)16-26(31)29-13-12-18-8-5-7-11-22(18)29/h4-11,14-15,23H,12-13,16-17H2,1-3H3/t23-/m0/s1. The fourth-order valence-corrected chi connectivity index (χ4v) is 5.10. The molecule has 0 radical (unpaired) electrons. The molecule has 7 heteroatoms. The maximum absolute atomic E-state index is 13.7. The number of anilines is 1. The lowest BCUT2D eigenvalue weighted by Crippen LogP contribution is -2.36. The average Bonchev–Trinajstić information content (AvgIpc) is 3.47. The molecule has 3 aromatic carbocycles. The second kappa shape index (κ2) is 9.33. The number of hydrogen-bond donors (Lipinski definition) is 0. The molecule has 0 bridgehead atoms. The van der Waals surface area contributed by atoms with E-state index < -0.39 is 6.04 Å². The molecule has 1 atom stereocenters. The third-order valence-corrected chi connectivity index (χ3v) is 6.85. The van der Waals surface area contributed by atoms with Crippen molar-refractivity contribution < 1.29 is 23.8 Å². The number of ether oxygens (including phenoxy) is 3. The van der Waals surface area contributed by atoms with E-state index in [2.05, 4.69) is 6.07 Å². The van der Waals surface area contributed by atoms with E-state index in [0.29, 0.717) is 35.9 Å². The first-order chi connectivity index (χ1) is 17.0. The van der Waals surface area contributed by atoms with E-state index in [4.69, 9.17) is 14.2 Å². The molecule has 2 heterocycles. The molecule has 0 saturated carbocycles. The van der Waals surface area contributed by atoms with Gasteiger partial charge in [0.2, 0.25) is 11.7 Å². The van der Waals surface area contributed by atoms with Crippen molar-refractivity contribution in [1.82, 2.24) is 4.90 Å². The summed E-state index contributed by atoms with van der Waals surface area (Å²) in [5.41, 5.74) is 4.48. The third kappa shape index (κ3) is 3.97. The van der Waals surface area contributed by atoms with Gasteiger partial charge in [-0.15, -0.1) is 0 Å². The Balaban J connectivity index is 1.55. The van der Waals surface area contributed by atoms with Crippen LogP contribution in [0.2, 0.25) is 0 Å². The van der Waals surface area contributed by atoms with Crippen LogP contribution in [0.15, 0.2) is 60.7 Å². The molecular weight excluding hydrogens is 444 g/mol. The van der Waals surface area contributed by atoms with Crippen LogP contribution >= 0.6 is 0 Å². The van der Waals surface area contributed by atoms with Crippen LogP contribution < -0.4 is 19.1 Å². The monoisotopic (exact) mass is 472 g/mol. The molecule has 2 aliphatic rings. The maximum Gasteiger partial charge on any atom is 0.255 e. The van der Waals surface area contributed by atoms with Crippen molar-refractivity contribution in [2.75, 3.05) is 32.8 Å². The summed E-state index contributed by atoms with van der Waals surface area (Å²) in [7, 11) is 4.66. The van der Waals surface area contributed by atoms with E-state index >= 15 is 0 Å². The molecule has 0 spiro atoms. The fraction of sp³-hybridized carbons (Fsp3) is 0.286. The molecule has 35 heavy (non-hydrogen) atoms. The molecule has 180 valence electrons. The molecule has 0 fully saturated rings. The number of methoxy groups -OCH3 is 3. The number of nitrogens with zero attached hydrogens (tertiary/aromatic N) is 2. The second-order valence-electron chi connectivity index (χ2n) is 8.69. The first-order valence-electron chi connectivity index (χ1n) is 11.6. The third-order valence-electron chi connectivity index (χ3n) is 6.85. The number of carbonyl (C=O) groups is 2. The minimum atomic E-state index is -0.510. The van der Waals surface area contributed by atoms with Crippen LogP contribution in [0.25, 0.3) is 0 Å². The average molecular weight is 473 g/mol. The van der Waals surface area contributed by atoms with Crippen molar-refractivity contribution in [1.29, 1.82) is 0 Å². The predicted octanol–water partition coefficient (Wildman–Crippen LogP) is 4.39. The summed E-state index contributed by atoms with van der Waals surface area (Å²) in [6.45, 7) is 1.06. The smallest absolute Gasteiger partial charge is 0.255 e. The Hall–Kier alpha value is -4.00. The quantitative estimate of drug-likeness (QED) is 0.510. The van der Waals surface area contributed by atoms with Gasteiger partial charge in [-0.1, -0.05) is 36.4 Å². The lowest BCUT2D eigenvalue weighted by atomic mass is 9.99. The predicted molar refractivity (Wildman–Crippen MR) is 132 cm³/mol. The minimum Gasteiger partial charge on any atom is -0.493 e. The van der Waals surface area contributed by atoms with Gasteiger partial charge in [0, 0.05) is 24.3 Å². The van der Waals surface area contributed by atoms with E-state index in [1.165, 1.54) is 0 Å². The highest BCUT2D eigenvalue weighted by Gasteiger charge is 2.37. The lowest BCUT2D eigenvalue weighted by molar-refractivity contribution is -0.119. The highest BCUT2D eigenvalue weighted by Crippen LogP contribution is 2.43. The van der Waals surface area contributed by atoms with Crippen molar-refractivity contribution in [3.63, 3.8) is 0 Å². The summed E-state index contributed by atoms with van der Waals surface area (Å²) in [4.78, 5) is 30.7. The van der Waals surface area contributed by atoms with Gasteiger partial charge in [0.25, 0.3) is 5.91 Å². The van der Waals surface area contributed by atoms with Gasteiger partial charge in [-0.3, -0.25) is 9.59 Å². The van der Waals surface area contributed by atoms with Crippen LogP contribution in [-0.4, -0.2) is 44.6 Å². The molecule has 3 aromatic rings. The summed E-state index contributed by atoms with van der Waals surface area (Å²) in [6.07, 6.45) is 0.956. The van der Waals surface area contributed by atoms with Gasteiger partial charge < -0.3 is 24.0 Å². The van der Waals surface area contributed by atoms with Gasteiger partial charge in [0.05, 0.1) is 33.8 Å². The van der Waals surface area contributed by atoms with Crippen LogP contribution in [0.5, 0.6) is 17.2 Å². The maximum atomic E-state index is 13.7. The van der Waals surface area contributed by atoms with E-state index in [9.17, 15) is 9.59 Å². The molecule has 7 nitrogen and oxygen atoms in total. The van der Waals surface area contributed by atoms with Crippen LogP contribution in [0.1, 0.15) is 39.5 Å². The number of hydrogen-bond acceptors (Lipinski definition) is 5. The van der Waals surface area contributed by atoms with Gasteiger partial charge >= 0.3 is 0 Å². The Morgan fingerprint density at radius 2 is 1.57 bits per heavy atom. The topological polar surface area (TPSA) is 68.3 Å². The largest absolute Gasteiger partial charge is 0.493 e. The summed E-state index contributed by atoms with van der Waals surface area (Å²) < 4.78 is 16.6. The molecule has 5 rings (SSSR count). The van der Waals surface area contributed by atoms with Crippen LogP contribution in [-0.2, 0) is 17.8 Å². The molecular formula is C28H28N2O5. The van der Waals surface area contributed by atoms with Crippen molar-refractivity contribution in [2.45, 2.75) is 25.4 Å². The zero-order valence-corrected chi connectivity index (χ0v) is 20.1. The van der Waals surface area contributed by atoms with Crippen molar-refractivity contribution >= 4 is 17.5 Å². The highest BCUT2D eigenvalue weighted by molar-refractivity contribution is 6.00. The number of para-hydroxylation sites is 1. The van der Waals surface area contributed by atoms with Crippen LogP contribution in [0, 0.1) is 0 Å². The molecule has 0 N–H and O–H groups in total. The summed E-state index contributed by atoms with van der Waals surface area (Å²) in [5.74, 6) is 1.31. The first-order valence-corrected chi connectivity index (χ1v) is 11.6. The SMILES string of the molecule is COc1cc([C@H](CC(=O)N2CCc3ccccc32)N2Cc3ccccc3C2=O)cc(OC)c1OC. The Kier molecular flexibility index (Phi) is 6.07. The summed E-state index contributed by atoms with van der Waals surface area (Å²) in [6, 6.07) is 18.7. The van der Waals surface area contributed by atoms with Crippen molar-refractivity contribution in [3.05, 3.63) is 82.9 Å². The Morgan fingerprint density at radius 3 is 2.23 bits per heavy atom. The van der Waals surface area contributed by atoms with E-state index in [0.717, 1.165) is 28.8 Å². The molecule has 2 amide bonds. The highest BCUT2D eigenvalue weighted by atomic mass is 16.5. The lowest BCUT2D eigenvalue weighted by Gasteiger charge is -2.30. The van der Waals surface area contributed by atoms with E-state index in [1.54, 1.807) is 26.2 Å². The second-order valence-corrected chi connectivity index (χ2v) is 8.69. The zero-order chi connectivity index (χ0) is 24.5. The molecule has 0 aromatic heterocycles. The molecule has 0 saturated heterocycles. The van der Waals surface area contributed by atoms with Crippen LogP contribution in [0.3, 0.4) is 0 Å². The van der Waals surface area contributed by atoms with Gasteiger partial charge in [0.15, 0.2) is 11.5 Å². The number of carbonyl (C=O) groups excluding carboxylic acids is 2. The Labute approximate surface area is 204 Å². The molecule has 0 unspecified atom stereocenters. The van der Waals surface area contributed by atoms with Crippen molar-refractivity contribution in [2.24, 2.45) is 0 Å². The van der Waals surface area contributed by atoms with Gasteiger partial charge in [-0.2, -0.15) is 0 Å². The van der Waals surface area contributed by atoms with Gasteiger partial charge in [0.1, 0.15) is 0 Å². The molecule has 2 aliphatic heterocycles. The summed E-state index contributed by atoms with van der Waals surface area (Å²) >= 11 is 0.